The van der Waals surface area contributed by atoms with Gasteiger partial charge in [0.1, 0.15) is 0 Å². The van der Waals surface area contributed by atoms with Crippen molar-refractivity contribution in [3.63, 3.8) is 0 Å². The monoisotopic (exact) mass is 269 g/mol. The SMILES string of the molecule is CCC(CC)(CO)NC(=O)c1cc(C)cc(Cl)c1. The van der Waals surface area contributed by atoms with E-state index in [4.69, 9.17) is 11.6 Å². The van der Waals surface area contributed by atoms with E-state index in [0.717, 1.165) is 5.56 Å². The second kappa shape index (κ2) is 6.21. The molecule has 1 aromatic rings. The van der Waals surface area contributed by atoms with Crippen LogP contribution < -0.4 is 5.32 Å². The Kier molecular flexibility index (Phi) is 5.17. The lowest BCUT2D eigenvalue weighted by molar-refractivity contribution is 0.0818. The van der Waals surface area contributed by atoms with Gasteiger partial charge in [0.2, 0.25) is 0 Å². The van der Waals surface area contributed by atoms with Gasteiger partial charge in [0.05, 0.1) is 12.1 Å². The summed E-state index contributed by atoms with van der Waals surface area (Å²) >= 11 is 5.94. The van der Waals surface area contributed by atoms with E-state index >= 15 is 0 Å². The van der Waals surface area contributed by atoms with Gasteiger partial charge in [-0.15, -0.1) is 0 Å². The molecule has 0 aliphatic carbocycles. The molecule has 0 saturated heterocycles. The zero-order valence-corrected chi connectivity index (χ0v) is 11.8. The summed E-state index contributed by atoms with van der Waals surface area (Å²) in [5, 5.41) is 12.9. The smallest absolute Gasteiger partial charge is 0.251 e. The van der Waals surface area contributed by atoms with Crippen molar-refractivity contribution in [1.82, 2.24) is 5.32 Å². The normalized spacial score (nSPS) is 11.4. The van der Waals surface area contributed by atoms with Crippen LogP contribution in [0.3, 0.4) is 0 Å². The molecule has 1 amide bonds. The minimum absolute atomic E-state index is 0.0642. The Morgan fingerprint density at radius 3 is 2.39 bits per heavy atom. The predicted octanol–water partition coefficient (Wildman–Crippen LogP) is 2.93. The molecule has 1 rings (SSSR count). The van der Waals surface area contributed by atoms with Crippen LogP contribution in [0, 0.1) is 6.92 Å². The second-order valence-electron chi connectivity index (χ2n) is 4.62. The third-order valence-electron chi connectivity index (χ3n) is 3.34. The summed E-state index contributed by atoms with van der Waals surface area (Å²) in [5.74, 6) is -0.196. The molecular formula is C14H20ClNO2. The van der Waals surface area contributed by atoms with E-state index in [0.29, 0.717) is 23.4 Å². The number of carbonyl (C=O) groups excluding carboxylic acids is 1. The van der Waals surface area contributed by atoms with E-state index in [9.17, 15) is 9.90 Å². The zero-order chi connectivity index (χ0) is 13.8. The lowest BCUT2D eigenvalue weighted by atomic mass is 9.93. The second-order valence-corrected chi connectivity index (χ2v) is 5.05. The molecule has 0 fully saturated rings. The standard InChI is InChI=1S/C14H20ClNO2/c1-4-14(5-2,9-17)16-13(18)11-6-10(3)7-12(15)8-11/h6-8,17H,4-5,9H2,1-3H3,(H,16,18). The molecule has 0 atom stereocenters. The van der Waals surface area contributed by atoms with Crippen molar-refractivity contribution in [3.8, 4) is 0 Å². The maximum absolute atomic E-state index is 12.2. The van der Waals surface area contributed by atoms with Gasteiger partial charge in [0.25, 0.3) is 5.91 Å². The molecule has 0 radical (unpaired) electrons. The van der Waals surface area contributed by atoms with E-state index in [1.807, 2.05) is 20.8 Å². The number of benzene rings is 1. The zero-order valence-electron chi connectivity index (χ0n) is 11.1. The number of aryl methyl sites for hydroxylation is 1. The highest BCUT2D eigenvalue weighted by Gasteiger charge is 2.27. The molecular weight excluding hydrogens is 250 g/mol. The molecule has 0 aromatic heterocycles. The summed E-state index contributed by atoms with van der Waals surface area (Å²) < 4.78 is 0. The number of carbonyl (C=O) groups is 1. The van der Waals surface area contributed by atoms with Crippen molar-refractivity contribution in [2.45, 2.75) is 39.2 Å². The van der Waals surface area contributed by atoms with Crippen molar-refractivity contribution < 1.29 is 9.90 Å². The first-order chi connectivity index (χ1) is 8.46. The fourth-order valence-electron chi connectivity index (χ4n) is 1.87. The van der Waals surface area contributed by atoms with E-state index in [1.165, 1.54) is 0 Å². The maximum Gasteiger partial charge on any atom is 0.251 e. The minimum atomic E-state index is -0.548. The van der Waals surface area contributed by atoms with Crippen LogP contribution in [0.1, 0.15) is 42.6 Å². The molecule has 0 spiro atoms. The summed E-state index contributed by atoms with van der Waals surface area (Å²) in [6.45, 7) is 5.72. The number of aliphatic hydroxyl groups is 1. The minimum Gasteiger partial charge on any atom is -0.394 e. The van der Waals surface area contributed by atoms with Crippen molar-refractivity contribution in [2.24, 2.45) is 0 Å². The first-order valence-corrected chi connectivity index (χ1v) is 6.54. The van der Waals surface area contributed by atoms with E-state index in [-0.39, 0.29) is 12.5 Å². The van der Waals surface area contributed by atoms with E-state index in [2.05, 4.69) is 5.32 Å². The Bertz CT molecular complexity index is 399. The number of hydrogen-bond acceptors (Lipinski definition) is 2. The predicted molar refractivity (Wildman–Crippen MR) is 74.1 cm³/mol. The Balaban J connectivity index is 2.94. The molecule has 0 aliphatic heterocycles. The van der Waals surface area contributed by atoms with Gasteiger partial charge in [-0.25, -0.2) is 0 Å². The quantitative estimate of drug-likeness (QED) is 0.863. The van der Waals surface area contributed by atoms with Crippen LogP contribution in [0.2, 0.25) is 5.02 Å². The fraction of sp³-hybridized carbons (Fsp3) is 0.500. The molecule has 0 bridgehead atoms. The number of amides is 1. The third kappa shape index (κ3) is 3.47. The Morgan fingerprint density at radius 2 is 1.94 bits per heavy atom. The van der Waals surface area contributed by atoms with Crippen LogP contribution >= 0.6 is 11.6 Å². The third-order valence-corrected chi connectivity index (χ3v) is 3.56. The van der Waals surface area contributed by atoms with Gasteiger partial charge in [-0.1, -0.05) is 25.4 Å². The van der Waals surface area contributed by atoms with Crippen LogP contribution in [0.5, 0.6) is 0 Å². The molecule has 1 aromatic carbocycles. The summed E-state index contributed by atoms with van der Waals surface area (Å²) in [6, 6.07) is 5.23. The van der Waals surface area contributed by atoms with E-state index in [1.54, 1.807) is 18.2 Å². The summed E-state index contributed by atoms with van der Waals surface area (Å²) in [4.78, 5) is 12.2. The fourth-order valence-corrected chi connectivity index (χ4v) is 2.16. The first kappa shape index (κ1) is 15.0. The van der Waals surface area contributed by atoms with Crippen LogP contribution in [0.15, 0.2) is 18.2 Å². The molecule has 18 heavy (non-hydrogen) atoms. The average Bonchev–Trinajstić information content (AvgIpc) is 2.35. The van der Waals surface area contributed by atoms with Gasteiger partial charge in [0.15, 0.2) is 0 Å². The van der Waals surface area contributed by atoms with Gasteiger partial charge in [-0.3, -0.25) is 4.79 Å². The Hall–Kier alpha value is -1.06. The lowest BCUT2D eigenvalue weighted by Crippen LogP contribution is -2.50. The highest BCUT2D eigenvalue weighted by Crippen LogP contribution is 2.18. The molecule has 4 heteroatoms. The number of nitrogens with one attached hydrogen (secondary N) is 1. The Labute approximate surface area is 113 Å². The average molecular weight is 270 g/mol. The molecule has 100 valence electrons. The van der Waals surface area contributed by atoms with Gasteiger partial charge in [0, 0.05) is 10.6 Å². The lowest BCUT2D eigenvalue weighted by Gasteiger charge is -2.30. The van der Waals surface area contributed by atoms with Gasteiger partial charge < -0.3 is 10.4 Å². The van der Waals surface area contributed by atoms with Crippen LogP contribution in [-0.4, -0.2) is 23.2 Å². The first-order valence-electron chi connectivity index (χ1n) is 6.17. The highest BCUT2D eigenvalue weighted by atomic mass is 35.5. The van der Waals surface area contributed by atoms with Crippen molar-refractivity contribution in [2.75, 3.05) is 6.61 Å². The van der Waals surface area contributed by atoms with Crippen molar-refractivity contribution in [3.05, 3.63) is 34.3 Å². The van der Waals surface area contributed by atoms with Crippen LogP contribution in [0.25, 0.3) is 0 Å². The number of rotatable bonds is 5. The van der Waals surface area contributed by atoms with Crippen LogP contribution in [0.4, 0.5) is 0 Å². The van der Waals surface area contributed by atoms with Crippen molar-refractivity contribution >= 4 is 17.5 Å². The molecule has 0 saturated carbocycles. The van der Waals surface area contributed by atoms with Gasteiger partial charge >= 0.3 is 0 Å². The molecule has 0 heterocycles. The number of aliphatic hydroxyl groups excluding tert-OH is 1. The molecule has 3 nitrogen and oxygen atoms in total. The van der Waals surface area contributed by atoms with Gasteiger partial charge in [-0.05, 0) is 43.5 Å². The number of hydrogen-bond donors (Lipinski definition) is 2. The maximum atomic E-state index is 12.2. The summed E-state index contributed by atoms with van der Waals surface area (Å²) in [6.07, 6.45) is 1.37. The van der Waals surface area contributed by atoms with E-state index < -0.39 is 5.54 Å². The molecule has 0 unspecified atom stereocenters. The number of halogens is 1. The Morgan fingerprint density at radius 1 is 1.33 bits per heavy atom. The molecule has 2 N–H and O–H groups in total. The largest absolute Gasteiger partial charge is 0.394 e. The molecule has 0 aliphatic rings. The van der Waals surface area contributed by atoms with Crippen molar-refractivity contribution in [1.29, 1.82) is 0 Å². The highest BCUT2D eigenvalue weighted by molar-refractivity contribution is 6.31. The van der Waals surface area contributed by atoms with Gasteiger partial charge in [-0.2, -0.15) is 0 Å². The summed E-state index contributed by atoms with van der Waals surface area (Å²) in [7, 11) is 0. The summed E-state index contributed by atoms with van der Waals surface area (Å²) in [5.41, 5.74) is 0.919. The topological polar surface area (TPSA) is 49.3 Å². The van der Waals surface area contributed by atoms with Crippen LogP contribution in [-0.2, 0) is 0 Å².